The number of allylic oxidation sites excluding steroid dienone is 1. The number of pyridine rings is 1. The van der Waals surface area contributed by atoms with E-state index in [-0.39, 0.29) is 22.4 Å². The van der Waals surface area contributed by atoms with E-state index in [1.807, 2.05) is 10.9 Å². The zero-order chi connectivity index (χ0) is 37.6. The van der Waals surface area contributed by atoms with Gasteiger partial charge in [-0.15, -0.1) is 5.53 Å². The standard InChI is InChI=1S/C35H30F2N8O7S/c1-43-31-17-38-13-12-24(31)33(47)45(35(43)50)22-6-2-19(3-7-22)14-29(34(48)49)39-32(46)25-15-27(37)28(16-26(25)36)41-53(51,52)23-10-8-21(9-11-23)44-18-30(40-42-44)20-4-5-20/h2-3,6-13,15-18,20,29,40-42H,4-5,14H2,1H3,(H,39,46)(H,48,49)/t29-/m0/s1. The van der Waals surface area contributed by atoms with Gasteiger partial charge in [-0.3, -0.25) is 28.9 Å². The second kappa shape index (κ2) is 13.6. The highest BCUT2D eigenvalue weighted by molar-refractivity contribution is 7.92. The third-order valence-electron chi connectivity index (χ3n) is 8.89. The van der Waals surface area contributed by atoms with Crippen LogP contribution in [0.15, 0.2) is 106 Å². The molecule has 1 atom stereocenters. The molecule has 7 rings (SSSR count). The molecule has 2 aromatic heterocycles. The molecule has 53 heavy (non-hydrogen) atoms. The zero-order valence-electron chi connectivity index (χ0n) is 27.7. The first-order valence-corrected chi connectivity index (χ1v) is 17.6. The van der Waals surface area contributed by atoms with Crippen molar-refractivity contribution in [2.45, 2.75) is 30.2 Å². The van der Waals surface area contributed by atoms with Crippen molar-refractivity contribution in [1.29, 1.82) is 0 Å². The van der Waals surface area contributed by atoms with E-state index in [0.29, 0.717) is 34.8 Å². The first-order chi connectivity index (χ1) is 25.3. The lowest BCUT2D eigenvalue weighted by Crippen LogP contribution is -2.42. The van der Waals surface area contributed by atoms with E-state index < -0.39 is 62.1 Å². The normalized spacial score (nSPS) is 14.8. The second-order valence-electron chi connectivity index (χ2n) is 12.5. The number of carbonyl (C=O) groups excluding carboxylic acids is 1. The summed E-state index contributed by atoms with van der Waals surface area (Å²) in [6, 6.07) is 12.2. The summed E-state index contributed by atoms with van der Waals surface area (Å²) in [6.45, 7) is 0. The minimum absolute atomic E-state index is 0.204. The molecule has 1 saturated carbocycles. The van der Waals surface area contributed by atoms with Crippen LogP contribution in [0, 0.1) is 17.6 Å². The number of carboxylic acids is 1. The van der Waals surface area contributed by atoms with Crippen molar-refractivity contribution in [1.82, 2.24) is 30.4 Å². The average Bonchev–Trinajstić information content (AvgIpc) is 3.88. The van der Waals surface area contributed by atoms with Gasteiger partial charge in [-0.25, -0.2) is 31.4 Å². The van der Waals surface area contributed by atoms with Gasteiger partial charge in [0.15, 0.2) is 0 Å². The van der Waals surface area contributed by atoms with E-state index in [1.54, 1.807) is 5.01 Å². The van der Waals surface area contributed by atoms with E-state index in [9.17, 15) is 32.7 Å². The highest BCUT2D eigenvalue weighted by Gasteiger charge is 2.30. The summed E-state index contributed by atoms with van der Waals surface area (Å²) in [5, 5.41) is 13.9. The van der Waals surface area contributed by atoms with Gasteiger partial charge in [0.1, 0.15) is 17.7 Å². The Morgan fingerprint density at radius 3 is 2.38 bits per heavy atom. The number of nitrogens with zero attached hydrogens (tertiary/aromatic N) is 4. The SMILES string of the molecule is Cn1c(=O)n(-c2ccc(C[C@H](NC(=O)c3cc(F)c(NS(=O)(=O)c4ccc(N5C=C(C6CC6)NN5)cc4)cc3F)C(=O)O)cc2)c(=O)c2ccncc21. The van der Waals surface area contributed by atoms with Gasteiger partial charge < -0.3 is 15.8 Å². The van der Waals surface area contributed by atoms with Crippen LogP contribution in [0.25, 0.3) is 16.6 Å². The third-order valence-corrected chi connectivity index (χ3v) is 10.3. The predicted molar refractivity (Wildman–Crippen MR) is 188 cm³/mol. The van der Waals surface area contributed by atoms with Crippen molar-refractivity contribution in [3.63, 3.8) is 0 Å². The molecule has 15 nitrogen and oxygen atoms in total. The number of nitrogens with one attached hydrogen (secondary N) is 4. The maximum absolute atomic E-state index is 15.2. The fourth-order valence-corrected chi connectivity index (χ4v) is 6.89. The number of rotatable bonds is 11. The quantitative estimate of drug-likeness (QED) is 0.133. The Kier molecular flexibility index (Phi) is 9.00. The van der Waals surface area contributed by atoms with Gasteiger partial charge in [-0.2, -0.15) is 0 Å². The molecule has 1 aliphatic heterocycles. The molecule has 0 saturated heterocycles. The summed E-state index contributed by atoms with van der Waals surface area (Å²) in [5.74, 6) is -4.88. The van der Waals surface area contributed by atoms with Crippen molar-refractivity contribution in [2.24, 2.45) is 13.0 Å². The minimum Gasteiger partial charge on any atom is -0.480 e. The number of carboxylic acid groups (broad SMARTS) is 1. The van der Waals surface area contributed by atoms with Crippen molar-refractivity contribution < 1.29 is 31.9 Å². The van der Waals surface area contributed by atoms with Crippen LogP contribution >= 0.6 is 0 Å². The van der Waals surface area contributed by atoms with Crippen molar-refractivity contribution >= 4 is 44.2 Å². The van der Waals surface area contributed by atoms with E-state index >= 15 is 8.78 Å². The van der Waals surface area contributed by atoms with Crippen LogP contribution in [-0.4, -0.2) is 45.6 Å². The molecule has 3 aromatic carbocycles. The Morgan fingerprint density at radius 2 is 1.70 bits per heavy atom. The average molecular weight is 745 g/mol. The number of aromatic nitrogens is 3. The minimum atomic E-state index is -4.39. The Balaban J connectivity index is 1.03. The molecule has 0 unspecified atom stereocenters. The van der Waals surface area contributed by atoms with Gasteiger partial charge in [0.2, 0.25) is 0 Å². The molecule has 1 fully saturated rings. The molecule has 5 aromatic rings. The van der Waals surface area contributed by atoms with Crippen LogP contribution in [0.5, 0.6) is 0 Å². The molecule has 1 amide bonds. The molecule has 0 spiro atoms. The molecule has 2 aliphatic rings. The van der Waals surface area contributed by atoms with Crippen LogP contribution in [0.2, 0.25) is 0 Å². The summed E-state index contributed by atoms with van der Waals surface area (Å²) < 4.78 is 60.6. The number of anilines is 2. The Bertz CT molecular complexity index is 2550. The molecule has 3 heterocycles. The first kappa shape index (κ1) is 35.0. The molecular weight excluding hydrogens is 714 g/mol. The number of hydrogen-bond donors (Lipinski definition) is 5. The Morgan fingerprint density at radius 1 is 1.00 bits per heavy atom. The number of halogens is 2. The fourth-order valence-electron chi connectivity index (χ4n) is 5.83. The number of aryl methyl sites for hydroxylation is 1. The van der Waals surface area contributed by atoms with E-state index in [1.165, 1.54) is 78.6 Å². The number of hydrogen-bond acceptors (Lipinski definition) is 10. The summed E-state index contributed by atoms with van der Waals surface area (Å²) in [5.41, 5.74) is 5.76. The number of benzene rings is 3. The van der Waals surface area contributed by atoms with E-state index in [4.69, 9.17) is 0 Å². The zero-order valence-corrected chi connectivity index (χ0v) is 28.5. The fraction of sp³-hybridized carbons (Fsp3) is 0.171. The van der Waals surface area contributed by atoms with Gasteiger partial charge in [-0.1, -0.05) is 12.1 Å². The molecule has 5 N–H and O–H groups in total. The lowest BCUT2D eigenvalue weighted by atomic mass is 10.0. The van der Waals surface area contributed by atoms with Crippen LogP contribution in [0.3, 0.4) is 0 Å². The number of aliphatic carboxylic acids is 1. The highest BCUT2D eigenvalue weighted by atomic mass is 32.2. The van der Waals surface area contributed by atoms with Crippen molar-refractivity contribution in [2.75, 3.05) is 9.73 Å². The number of hydrazine groups is 2. The second-order valence-corrected chi connectivity index (χ2v) is 14.2. The highest BCUT2D eigenvalue weighted by Crippen LogP contribution is 2.36. The Labute approximate surface area is 299 Å². The summed E-state index contributed by atoms with van der Waals surface area (Å²) in [7, 11) is -2.90. The molecule has 0 bridgehead atoms. The summed E-state index contributed by atoms with van der Waals surface area (Å²) in [4.78, 5) is 54.8. The largest absolute Gasteiger partial charge is 0.480 e. The molecule has 0 radical (unpaired) electrons. The van der Waals surface area contributed by atoms with Crippen molar-refractivity contribution in [3.05, 3.63) is 135 Å². The van der Waals surface area contributed by atoms with Crippen LogP contribution in [0.1, 0.15) is 28.8 Å². The Hall–Kier alpha value is -6.40. The van der Waals surface area contributed by atoms with Gasteiger partial charge in [-0.05, 0) is 66.9 Å². The topological polar surface area (TPSA) is 197 Å². The smallest absolute Gasteiger partial charge is 0.335 e. The van der Waals surface area contributed by atoms with Gasteiger partial charge in [0.25, 0.3) is 21.5 Å². The number of amides is 1. The van der Waals surface area contributed by atoms with Gasteiger partial charge in [0.05, 0.1) is 44.6 Å². The molecule has 1 aliphatic carbocycles. The summed E-state index contributed by atoms with van der Waals surface area (Å²) in [6.07, 6.45) is 6.55. The predicted octanol–water partition coefficient (Wildman–Crippen LogP) is 2.67. The number of fused-ring (bicyclic) bond motifs is 1. The number of sulfonamides is 1. The lowest BCUT2D eigenvalue weighted by Gasteiger charge is -2.17. The summed E-state index contributed by atoms with van der Waals surface area (Å²) >= 11 is 0. The monoisotopic (exact) mass is 744 g/mol. The third kappa shape index (κ3) is 6.96. The van der Waals surface area contributed by atoms with E-state index in [2.05, 4.69) is 21.3 Å². The molecule has 272 valence electrons. The molecular formula is C35H30F2N8O7S. The van der Waals surface area contributed by atoms with Crippen molar-refractivity contribution in [3.8, 4) is 5.69 Å². The van der Waals surface area contributed by atoms with Gasteiger partial charge in [0, 0.05) is 43.5 Å². The maximum atomic E-state index is 15.2. The van der Waals surface area contributed by atoms with Gasteiger partial charge >= 0.3 is 11.7 Å². The maximum Gasteiger partial charge on any atom is 0.335 e. The van der Waals surface area contributed by atoms with E-state index in [0.717, 1.165) is 23.1 Å². The van der Waals surface area contributed by atoms with Crippen LogP contribution in [-0.2, 0) is 28.3 Å². The number of carbonyl (C=O) groups is 2. The van der Waals surface area contributed by atoms with Crippen LogP contribution < -0.4 is 37.3 Å². The van der Waals surface area contributed by atoms with Crippen LogP contribution in [0.4, 0.5) is 20.2 Å². The molecule has 18 heteroatoms. The lowest BCUT2D eigenvalue weighted by molar-refractivity contribution is -0.139. The first-order valence-electron chi connectivity index (χ1n) is 16.1.